The highest BCUT2D eigenvalue weighted by Crippen LogP contribution is 2.33. The van der Waals surface area contributed by atoms with E-state index in [1.165, 1.54) is 12.1 Å². The lowest BCUT2D eigenvalue weighted by Gasteiger charge is -2.14. The van der Waals surface area contributed by atoms with E-state index in [2.05, 4.69) is 15.6 Å². The Bertz CT molecular complexity index is 1180. The first kappa shape index (κ1) is 18.3. The number of nitrogens with one attached hydrogen (secondary N) is 2. The van der Waals surface area contributed by atoms with E-state index in [4.69, 9.17) is 23.2 Å². The minimum Gasteiger partial charge on any atom is -0.506 e. The maximum absolute atomic E-state index is 13.8. The van der Waals surface area contributed by atoms with Crippen molar-refractivity contribution in [3.8, 4) is 5.75 Å². The van der Waals surface area contributed by atoms with Crippen LogP contribution in [0.25, 0.3) is 10.9 Å². The molecule has 0 radical (unpaired) electrons. The van der Waals surface area contributed by atoms with Crippen LogP contribution in [0.5, 0.6) is 5.75 Å². The Morgan fingerprint density at radius 2 is 1.64 bits per heavy atom. The first-order valence-electron chi connectivity index (χ1n) is 8.37. The van der Waals surface area contributed by atoms with Crippen molar-refractivity contribution in [2.24, 2.45) is 0 Å². The maximum Gasteiger partial charge on any atom is 0.139 e. The molecule has 140 valence electrons. The molecule has 0 aliphatic carbocycles. The van der Waals surface area contributed by atoms with E-state index in [1.54, 1.807) is 54.6 Å². The molecule has 3 N–H and O–H groups in total. The number of phenolic OH excluding ortho intramolecular Hbond substituents is 1. The third kappa shape index (κ3) is 3.81. The Balaban J connectivity index is 1.79. The molecule has 0 aliphatic heterocycles. The van der Waals surface area contributed by atoms with Crippen LogP contribution in [0.3, 0.4) is 0 Å². The van der Waals surface area contributed by atoms with Gasteiger partial charge in [-0.15, -0.1) is 0 Å². The van der Waals surface area contributed by atoms with Crippen molar-refractivity contribution in [1.29, 1.82) is 0 Å². The molecule has 4 rings (SSSR count). The van der Waals surface area contributed by atoms with Gasteiger partial charge in [0.05, 0.1) is 26.9 Å². The number of hydrogen-bond donors (Lipinski definition) is 3. The minimum atomic E-state index is -0.368. The predicted octanol–water partition coefficient (Wildman–Crippen LogP) is 6.87. The minimum absolute atomic E-state index is 0.0995. The fraction of sp³-hybridized carbons (Fsp3) is 0. The maximum atomic E-state index is 13.8. The molecule has 1 aromatic heterocycles. The Kier molecular flexibility index (Phi) is 4.94. The van der Waals surface area contributed by atoms with Gasteiger partial charge in [0, 0.05) is 17.1 Å². The van der Waals surface area contributed by atoms with Crippen LogP contribution in [0.2, 0.25) is 10.0 Å². The number of rotatable bonds is 4. The fourth-order valence-corrected chi connectivity index (χ4v) is 3.11. The Labute approximate surface area is 170 Å². The first-order valence-corrected chi connectivity index (χ1v) is 9.12. The van der Waals surface area contributed by atoms with Crippen molar-refractivity contribution in [2.45, 2.75) is 0 Å². The summed E-state index contributed by atoms with van der Waals surface area (Å²) in [5.74, 6) is 0.221. The van der Waals surface area contributed by atoms with Crippen LogP contribution in [0.15, 0.2) is 66.7 Å². The summed E-state index contributed by atoms with van der Waals surface area (Å²) in [7, 11) is 0. The highest BCUT2D eigenvalue weighted by Gasteiger charge is 2.10. The monoisotopic (exact) mass is 413 g/mol. The van der Waals surface area contributed by atoms with Crippen molar-refractivity contribution >= 4 is 57.0 Å². The van der Waals surface area contributed by atoms with Gasteiger partial charge in [0.25, 0.3) is 0 Å². The standard InChI is InChI=1S/C21H14Cl2FN3O/c22-15-7-6-13(10-16(15)23)25-19-11-21(27-18-3-1-2-4-20(18)28)26-17-8-5-12(24)9-14(17)19/h1-11,28H,(H2,25,26,27). The van der Waals surface area contributed by atoms with E-state index in [0.717, 1.165) is 0 Å². The van der Waals surface area contributed by atoms with Crippen LogP contribution in [-0.4, -0.2) is 10.1 Å². The fourth-order valence-electron chi connectivity index (χ4n) is 2.81. The van der Waals surface area contributed by atoms with Gasteiger partial charge in [0.15, 0.2) is 0 Å². The number of anilines is 4. The zero-order valence-electron chi connectivity index (χ0n) is 14.4. The van der Waals surface area contributed by atoms with Gasteiger partial charge < -0.3 is 15.7 Å². The van der Waals surface area contributed by atoms with Crippen molar-refractivity contribution in [3.63, 3.8) is 0 Å². The number of fused-ring (bicyclic) bond motifs is 1. The van der Waals surface area contributed by atoms with E-state index in [0.29, 0.717) is 43.8 Å². The zero-order valence-corrected chi connectivity index (χ0v) is 15.9. The summed E-state index contributed by atoms with van der Waals surface area (Å²) in [6, 6.07) is 18.1. The van der Waals surface area contributed by atoms with Crippen LogP contribution < -0.4 is 10.6 Å². The molecular formula is C21H14Cl2FN3O. The summed E-state index contributed by atoms with van der Waals surface area (Å²) in [4.78, 5) is 4.51. The van der Waals surface area contributed by atoms with Gasteiger partial charge in [-0.3, -0.25) is 0 Å². The Morgan fingerprint density at radius 3 is 2.43 bits per heavy atom. The first-order chi connectivity index (χ1) is 13.5. The summed E-state index contributed by atoms with van der Waals surface area (Å²) in [5, 5.41) is 17.8. The number of hydrogen-bond acceptors (Lipinski definition) is 4. The molecule has 0 unspecified atom stereocenters. The normalized spacial score (nSPS) is 10.8. The number of aromatic hydroxyl groups is 1. The largest absolute Gasteiger partial charge is 0.506 e. The molecule has 4 aromatic rings. The van der Waals surface area contributed by atoms with Crippen molar-refractivity contribution < 1.29 is 9.50 Å². The summed E-state index contributed by atoms with van der Waals surface area (Å²) >= 11 is 12.1. The zero-order chi connectivity index (χ0) is 19.7. The molecule has 0 spiro atoms. The third-order valence-corrected chi connectivity index (χ3v) is 4.88. The number of benzene rings is 3. The van der Waals surface area contributed by atoms with Crippen LogP contribution in [0, 0.1) is 5.82 Å². The van der Waals surface area contributed by atoms with E-state index in [-0.39, 0.29) is 11.6 Å². The van der Waals surface area contributed by atoms with Gasteiger partial charge in [0.2, 0.25) is 0 Å². The molecule has 28 heavy (non-hydrogen) atoms. The van der Waals surface area contributed by atoms with Gasteiger partial charge in [-0.1, -0.05) is 35.3 Å². The smallest absolute Gasteiger partial charge is 0.139 e. The summed E-state index contributed by atoms with van der Waals surface area (Å²) in [6.07, 6.45) is 0. The second-order valence-corrected chi connectivity index (χ2v) is 6.93. The average molecular weight is 414 g/mol. The lowest BCUT2D eigenvalue weighted by molar-refractivity contribution is 0.477. The van der Waals surface area contributed by atoms with Crippen molar-refractivity contribution in [2.75, 3.05) is 10.6 Å². The van der Waals surface area contributed by atoms with Gasteiger partial charge in [0.1, 0.15) is 17.4 Å². The number of aromatic nitrogens is 1. The van der Waals surface area contributed by atoms with Crippen LogP contribution in [0.1, 0.15) is 0 Å². The average Bonchev–Trinajstić information content (AvgIpc) is 2.67. The second kappa shape index (κ2) is 7.54. The third-order valence-electron chi connectivity index (χ3n) is 4.14. The SMILES string of the molecule is Oc1ccccc1Nc1cc(Nc2ccc(Cl)c(Cl)c2)c2cc(F)ccc2n1. The molecule has 0 atom stereocenters. The Morgan fingerprint density at radius 1 is 0.821 bits per heavy atom. The quantitative estimate of drug-likeness (QED) is 0.319. The molecule has 4 nitrogen and oxygen atoms in total. The topological polar surface area (TPSA) is 57.2 Å². The molecule has 3 aromatic carbocycles. The van der Waals surface area contributed by atoms with Crippen LogP contribution in [-0.2, 0) is 0 Å². The van der Waals surface area contributed by atoms with Gasteiger partial charge in [-0.25, -0.2) is 9.37 Å². The molecule has 7 heteroatoms. The molecule has 0 fully saturated rings. The molecule has 0 amide bonds. The lowest BCUT2D eigenvalue weighted by Crippen LogP contribution is -1.99. The number of nitrogens with zero attached hydrogens (tertiary/aromatic N) is 1. The van der Waals surface area contributed by atoms with Crippen LogP contribution >= 0.6 is 23.2 Å². The molecule has 0 saturated carbocycles. The predicted molar refractivity (Wildman–Crippen MR) is 113 cm³/mol. The molecule has 0 aliphatic rings. The Hall–Kier alpha value is -3.02. The highest BCUT2D eigenvalue weighted by molar-refractivity contribution is 6.42. The molecule has 0 saturated heterocycles. The van der Waals surface area contributed by atoms with Gasteiger partial charge in [-0.05, 0) is 48.5 Å². The lowest BCUT2D eigenvalue weighted by atomic mass is 10.1. The number of pyridine rings is 1. The molecule has 0 bridgehead atoms. The highest BCUT2D eigenvalue weighted by atomic mass is 35.5. The summed E-state index contributed by atoms with van der Waals surface area (Å²) < 4.78 is 13.8. The van der Waals surface area contributed by atoms with Crippen molar-refractivity contribution in [1.82, 2.24) is 4.98 Å². The van der Waals surface area contributed by atoms with E-state index < -0.39 is 0 Å². The van der Waals surface area contributed by atoms with E-state index in [9.17, 15) is 9.50 Å². The van der Waals surface area contributed by atoms with Gasteiger partial charge >= 0.3 is 0 Å². The number of halogens is 3. The summed E-state index contributed by atoms with van der Waals surface area (Å²) in [6.45, 7) is 0. The van der Waals surface area contributed by atoms with Gasteiger partial charge in [-0.2, -0.15) is 0 Å². The van der Waals surface area contributed by atoms with Crippen molar-refractivity contribution in [3.05, 3.63) is 82.6 Å². The van der Waals surface area contributed by atoms with E-state index in [1.807, 2.05) is 0 Å². The van der Waals surface area contributed by atoms with E-state index >= 15 is 0 Å². The van der Waals surface area contributed by atoms with Crippen LogP contribution in [0.4, 0.5) is 27.3 Å². The second-order valence-electron chi connectivity index (χ2n) is 6.11. The number of para-hydroxylation sites is 2. The molecular weight excluding hydrogens is 400 g/mol. The summed E-state index contributed by atoms with van der Waals surface area (Å²) in [5.41, 5.74) is 2.42. The number of phenols is 1. The molecule has 1 heterocycles.